The zero-order chi connectivity index (χ0) is 25.1. The molecule has 1 amide bonds. The number of anilines is 2. The van der Waals surface area contributed by atoms with Crippen LogP contribution in [0.2, 0.25) is 0 Å². The fourth-order valence-corrected chi connectivity index (χ4v) is 4.58. The Morgan fingerprint density at radius 3 is 2.58 bits per heavy atom. The predicted molar refractivity (Wildman–Crippen MR) is 139 cm³/mol. The van der Waals surface area contributed by atoms with E-state index in [1.54, 1.807) is 18.3 Å². The summed E-state index contributed by atoms with van der Waals surface area (Å²) in [6.07, 6.45) is 1.74. The number of hydrogen-bond acceptors (Lipinski definition) is 5. The second-order valence-corrected chi connectivity index (χ2v) is 8.62. The lowest BCUT2D eigenvalue weighted by molar-refractivity contribution is -0.119. The number of furan rings is 1. The van der Waals surface area contributed by atoms with E-state index in [2.05, 4.69) is 15.6 Å². The standard InChI is InChI=1S/C27H23FN4O3S/c1-34-16-24(33)30-19-9-11-20(12-10-19)32-26(25(31-27(32)36)21-4-2-3-15-29-21)23-14-13-22(35-23)17-5-7-18(28)8-6-17/h2-15,25-26H,16H2,1H3,(H,30,33)(H,31,36). The number of nitrogens with zero attached hydrogens (tertiary/aromatic N) is 2. The molecule has 0 aliphatic carbocycles. The number of benzene rings is 2. The van der Waals surface area contributed by atoms with Gasteiger partial charge in [0.05, 0.1) is 11.7 Å². The van der Waals surface area contributed by atoms with Gasteiger partial charge in [0, 0.05) is 30.2 Å². The van der Waals surface area contributed by atoms with Gasteiger partial charge in [0.25, 0.3) is 0 Å². The number of ether oxygens (including phenoxy) is 1. The molecule has 36 heavy (non-hydrogen) atoms. The minimum atomic E-state index is -0.337. The van der Waals surface area contributed by atoms with Gasteiger partial charge >= 0.3 is 0 Å². The molecule has 1 aliphatic rings. The van der Waals surface area contributed by atoms with Gasteiger partial charge in [-0.1, -0.05) is 6.07 Å². The van der Waals surface area contributed by atoms with Crippen LogP contribution in [0.15, 0.2) is 89.5 Å². The molecule has 1 aliphatic heterocycles. The van der Waals surface area contributed by atoms with E-state index >= 15 is 0 Å². The number of hydrogen-bond donors (Lipinski definition) is 2. The summed E-state index contributed by atoms with van der Waals surface area (Å²) in [6, 6.07) is 22.4. The van der Waals surface area contributed by atoms with E-state index in [0.717, 1.165) is 16.9 Å². The van der Waals surface area contributed by atoms with E-state index in [-0.39, 0.29) is 30.4 Å². The van der Waals surface area contributed by atoms with E-state index in [1.807, 2.05) is 59.5 Å². The van der Waals surface area contributed by atoms with E-state index in [0.29, 0.717) is 22.3 Å². The van der Waals surface area contributed by atoms with Crippen LogP contribution in [-0.4, -0.2) is 29.7 Å². The first-order valence-electron chi connectivity index (χ1n) is 11.3. The smallest absolute Gasteiger partial charge is 0.250 e. The first-order valence-corrected chi connectivity index (χ1v) is 11.7. The monoisotopic (exact) mass is 502 g/mol. The largest absolute Gasteiger partial charge is 0.459 e. The molecule has 0 spiro atoms. The van der Waals surface area contributed by atoms with Crippen molar-refractivity contribution in [1.29, 1.82) is 0 Å². The number of carbonyl (C=O) groups excluding carboxylic acids is 1. The lowest BCUT2D eigenvalue weighted by atomic mass is 10.0. The van der Waals surface area contributed by atoms with E-state index in [4.69, 9.17) is 21.4 Å². The van der Waals surface area contributed by atoms with E-state index in [1.165, 1.54) is 19.2 Å². The number of carbonyl (C=O) groups is 1. The molecule has 4 aromatic rings. The van der Waals surface area contributed by atoms with Gasteiger partial charge < -0.3 is 24.7 Å². The zero-order valence-electron chi connectivity index (χ0n) is 19.4. The molecule has 7 nitrogen and oxygen atoms in total. The van der Waals surface area contributed by atoms with Crippen LogP contribution < -0.4 is 15.5 Å². The van der Waals surface area contributed by atoms with Crippen LogP contribution in [-0.2, 0) is 9.53 Å². The number of rotatable bonds is 7. The van der Waals surface area contributed by atoms with Crippen LogP contribution >= 0.6 is 12.2 Å². The summed E-state index contributed by atoms with van der Waals surface area (Å²) in [4.78, 5) is 18.4. The Bertz CT molecular complexity index is 1360. The molecule has 2 N–H and O–H groups in total. The molecule has 2 aromatic heterocycles. The number of aromatic nitrogens is 1. The maximum atomic E-state index is 13.4. The second-order valence-electron chi connectivity index (χ2n) is 8.23. The highest BCUT2D eigenvalue weighted by Gasteiger charge is 2.42. The molecule has 0 radical (unpaired) electrons. The fourth-order valence-electron chi connectivity index (χ4n) is 4.24. The Hall–Kier alpha value is -4.08. The minimum Gasteiger partial charge on any atom is -0.459 e. The predicted octanol–water partition coefficient (Wildman–Crippen LogP) is 5.24. The quantitative estimate of drug-likeness (QED) is 0.335. The van der Waals surface area contributed by atoms with Crippen molar-refractivity contribution in [1.82, 2.24) is 10.3 Å². The Labute approximate surface area is 212 Å². The molecule has 2 atom stereocenters. The Kier molecular flexibility index (Phi) is 6.75. The van der Waals surface area contributed by atoms with Gasteiger partial charge in [-0.15, -0.1) is 0 Å². The van der Waals surface area contributed by atoms with Crippen LogP contribution in [0.5, 0.6) is 0 Å². The molecule has 182 valence electrons. The number of methoxy groups -OCH3 is 1. The van der Waals surface area contributed by atoms with Crippen molar-refractivity contribution in [3.63, 3.8) is 0 Å². The second kappa shape index (κ2) is 10.3. The summed E-state index contributed by atoms with van der Waals surface area (Å²) in [5, 5.41) is 6.70. The summed E-state index contributed by atoms with van der Waals surface area (Å²) in [5.74, 6) is 0.758. The van der Waals surface area contributed by atoms with Gasteiger partial charge in [0.15, 0.2) is 5.11 Å². The third-order valence-electron chi connectivity index (χ3n) is 5.85. The average Bonchev–Trinajstić information content (AvgIpc) is 3.50. The van der Waals surface area contributed by atoms with E-state index < -0.39 is 0 Å². The summed E-state index contributed by atoms with van der Waals surface area (Å²) in [6.45, 7) is -0.0232. The topological polar surface area (TPSA) is 79.6 Å². The van der Waals surface area contributed by atoms with Gasteiger partial charge in [-0.2, -0.15) is 0 Å². The molecule has 3 heterocycles. The maximum Gasteiger partial charge on any atom is 0.250 e. The highest BCUT2D eigenvalue weighted by Crippen LogP contribution is 2.43. The van der Waals surface area contributed by atoms with Crippen molar-refractivity contribution >= 4 is 34.6 Å². The number of nitrogens with one attached hydrogen (secondary N) is 2. The van der Waals surface area contributed by atoms with Gasteiger partial charge in [-0.25, -0.2) is 4.39 Å². The Morgan fingerprint density at radius 2 is 1.89 bits per heavy atom. The highest BCUT2D eigenvalue weighted by atomic mass is 32.1. The summed E-state index contributed by atoms with van der Waals surface area (Å²) >= 11 is 5.75. The number of pyridine rings is 1. The SMILES string of the molecule is COCC(=O)Nc1ccc(N2C(=S)NC(c3ccccn3)C2c2ccc(-c3ccc(F)cc3)o2)cc1. The lowest BCUT2D eigenvalue weighted by Crippen LogP contribution is -2.29. The molecule has 1 fully saturated rings. The van der Waals surface area contributed by atoms with Crippen LogP contribution in [0, 0.1) is 5.82 Å². The maximum absolute atomic E-state index is 13.4. The first-order chi connectivity index (χ1) is 17.5. The zero-order valence-corrected chi connectivity index (χ0v) is 20.2. The average molecular weight is 503 g/mol. The highest BCUT2D eigenvalue weighted by molar-refractivity contribution is 7.80. The normalized spacial score (nSPS) is 17.2. The van der Waals surface area contributed by atoms with Crippen LogP contribution in [0.4, 0.5) is 15.8 Å². The molecule has 2 unspecified atom stereocenters. The number of halogens is 1. The van der Waals surface area contributed by atoms with Crippen molar-refractivity contribution in [2.45, 2.75) is 12.1 Å². The van der Waals surface area contributed by atoms with Crippen molar-refractivity contribution < 1.29 is 18.3 Å². The molecular formula is C27H23FN4O3S. The van der Waals surface area contributed by atoms with Crippen molar-refractivity contribution in [3.8, 4) is 11.3 Å². The van der Waals surface area contributed by atoms with E-state index in [9.17, 15) is 9.18 Å². The molecule has 0 saturated carbocycles. The third-order valence-corrected chi connectivity index (χ3v) is 6.16. The first kappa shape index (κ1) is 23.7. The Balaban J connectivity index is 1.50. The molecule has 2 aromatic carbocycles. The summed E-state index contributed by atoms with van der Waals surface area (Å²) in [7, 11) is 1.47. The summed E-state index contributed by atoms with van der Waals surface area (Å²) in [5.41, 5.74) is 3.05. The van der Waals surface area contributed by atoms with Gasteiger partial charge in [-0.05, 0) is 85.0 Å². The van der Waals surface area contributed by atoms with Crippen molar-refractivity contribution in [2.75, 3.05) is 23.9 Å². The fraction of sp³-hybridized carbons (Fsp3) is 0.148. The number of amides is 1. The van der Waals surface area contributed by atoms with Gasteiger partial charge in [0.1, 0.15) is 30.0 Å². The molecule has 9 heteroatoms. The lowest BCUT2D eigenvalue weighted by Gasteiger charge is -2.26. The molecule has 5 rings (SSSR count). The van der Waals surface area contributed by atoms with Gasteiger partial charge in [-0.3, -0.25) is 9.78 Å². The van der Waals surface area contributed by atoms with Crippen LogP contribution in [0.1, 0.15) is 23.5 Å². The molecule has 0 bridgehead atoms. The van der Waals surface area contributed by atoms with Gasteiger partial charge in [0.2, 0.25) is 5.91 Å². The van der Waals surface area contributed by atoms with Crippen LogP contribution in [0.3, 0.4) is 0 Å². The van der Waals surface area contributed by atoms with Crippen molar-refractivity contribution in [2.24, 2.45) is 0 Å². The number of thiocarbonyl (C=S) groups is 1. The molecule has 1 saturated heterocycles. The summed E-state index contributed by atoms with van der Waals surface area (Å²) < 4.78 is 24.6. The van der Waals surface area contributed by atoms with Crippen LogP contribution in [0.25, 0.3) is 11.3 Å². The third kappa shape index (κ3) is 4.84. The van der Waals surface area contributed by atoms with Crippen molar-refractivity contribution in [3.05, 3.63) is 102 Å². The minimum absolute atomic E-state index is 0.0232. The Morgan fingerprint density at radius 1 is 1.11 bits per heavy atom. The molecular weight excluding hydrogens is 479 g/mol.